The first-order chi connectivity index (χ1) is 21.5. The number of methoxy groups -OCH3 is 1. The number of aliphatic imine (C=N–C) groups is 1. The van der Waals surface area contributed by atoms with Gasteiger partial charge in [-0.15, -0.1) is 0 Å². The van der Waals surface area contributed by atoms with Crippen LogP contribution in [0.1, 0.15) is 102 Å². The highest BCUT2D eigenvalue weighted by atomic mass is 16.5. The second-order valence-corrected chi connectivity index (χ2v) is 15.2. The fraction of sp³-hybridized carbons (Fsp3) is 0.605. The maximum Gasteiger partial charge on any atom is 0.306 e. The molecular formula is C38H52N4O3. The van der Waals surface area contributed by atoms with Crippen LogP contribution in [0.2, 0.25) is 0 Å². The molecule has 7 nitrogen and oxygen atoms in total. The fourth-order valence-electron chi connectivity index (χ4n) is 9.25. The molecule has 0 radical (unpaired) electrons. The van der Waals surface area contributed by atoms with E-state index in [1.54, 1.807) is 0 Å². The van der Waals surface area contributed by atoms with Crippen molar-refractivity contribution in [1.29, 1.82) is 0 Å². The molecule has 1 unspecified atom stereocenters. The first-order valence-corrected chi connectivity index (χ1v) is 17.1. The highest BCUT2D eigenvalue weighted by molar-refractivity contribution is 5.88. The van der Waals surface area contributed by atoms with Gasteiger partial charge in [0.25, 0.3) is 0 Å². The molecule has 2 N–H and O–H groups in total. The van der Waals surface area contributed by atoms with Gasteiger partial charge in [-0.3, -0.25) is 19.5 Å². The molecule has 0 spiro atoms. The van der Waals surface area contributed by atoms with E-state index in [9.17, 15) is 9.59 Å². The minimum atomic E-state index is -0.777. The Balaban J connectivity index is 1.13. The molecule has 2 aromatic rings. The van der Waals surface area contributed by atoms with E-state index in [2.05, 4.69) is 66.4 Å². The lowest BCUT2D eigenvalue weighted by atomic mass is 9.69. The standard InChI is InChI=1S/C38H52N4O3/c1-27-22-29(32-12-8-9-13-33(32)40-27)23-28-24-31-14-15-38(39,25-28)42(31)21-18-37(30-10-6-5-7-11-30)16-19-41(20-17-37)35(44)36(2,3)26-34(43)45-4/h5-13,28-29,31H,14-26,39H2,1-4H3/t28-,29?,31+,38-/m0/s1. The Kier molecular flexibility index (Phi) is 8.97. The summed E-state index contributed by atoms with van der Waals surface area (Å²) in [6.45, 7) is 8.27. The molecule has 3 saturated heterocycles. The smallest absolute Gasteiger partial charge is 0.306 e. The van der Waals surface area contributed by atoms with Gasteiger partial charge in [0.05, 0.1) is 30.3 Å². The van der Waals surface area contributed by atoms with Crippen molar-refractivity contribution in [3.8, 4) is 0 Å². The van der Waals surface area contributed by atoms with Gasteiger partial charge in [-0.1, -0.05) is 62.4 Å². The van der Waals surface area contributed by atoms with E-state index in [1.165, 1.54) is 43.2 Å². The molecular weight excluding hydrogens is 560 g/mol. The molecule has 3 fully saturated rings. The summed E-state index contributed by atoms with van der Waals surface area (Å²) in [6, 6.07) is 20.1. The first-order valence-electron chi connectivity index (χ1n) is 17.1. The van der Waals surface area contributed by atoms with Gasteiger partial charge in [0.15, 0.2) is 0 Å². The third-order valence-corrected chi connectivity index (χ3v) is 11.6. The minimum absolute atomic E-state index is 0.000149. The Hall–Kier alpha value is -3.03. The molecule has 1 amide bonds. The Labute approximate surface area is 269 Å². The normalized spacial score (nSPS) is 27.9. The van der Waals surface area contributed by atoms with Crippen molar-refractivity contribution in [2.45, 2.75) is 108 Å². The predicted octanol–water partition coefficient (Wildman–Crippen LogP) is 6.73. The number of likely N-dealkylation sites (tertiary alicyclic amines) is 1. The second kappa shape index (κ2) is 12.6. The van der Waals surface area contributed by atoms with E-state index in [0.717, 1.165) is 50.8 Å². The van der Waals surface area contributed by atoms with Gasteiger partial charge in [0, 0.05) is 31.4 Å². The van der Waals surface area contributed by atoms with Crippen molar-refractivity contribution in [3.63, 3.8) is 0 Å². The number of hydrogen-bond acceptors (Lipinski definition) is 6. The maximum absolute atomic E-state index is 13.5. The molecule has 45 heavy (non-hydrogen) atoms. The first kappa shape index (κ1) is 31.9. The Bertz CT molecular complexity index is 1410. The molecule has 4 aliphatic heterocycles. The number of esters is 1. The topological polar surface area (TPSA) is 88.2 Å². The van der Waals surface area contributed by atoms with Crippen molar-refractivity contribution in [1.82, 2.24) is 9.80 Å². The number of fused-ring (bicyclic) bond motifs is 3. The van der Waals surface area contributed by atoms with Gasteiger partial charge in [0.2, 0.25) is 5.91 Å². The number of carbonyl (C=O) groups excluding carboxylic acids is 2. The van der Waals surface area contributed by atoms with Gasteiger partial charge >= 0.3 is 5.97 Å². The van der Waals surface area contributed by atoms with Crippen molar-refractivity contribution in [3.05, 3.63) is 65.7 Å². The monoisotopic (exact) mass is 612 g/mol. The summed E-state index contributed by atoms with van der Waals surface area (Å²) in [4.78, 5) is 35.0. The van der Waals surface area contributed by atoms with E-state index >= 15 is 0 Å². The van der Waals surface area contributed by atoms with E-state index in [1.807, 2.05) is 18.7 Å². The number of nitrogens with two attached hydrogens (primary N) is 1. The number of amides is 1. The summed E-state index contributed by atoms with van der Waals surface area (Å²) in [7, 11) is 1.38. The van der Waals surface area contributed by atoms with Crippen LogP contribution in [-0.2, 0) is 19.7 Å². The van der Waals surface area contributed by atoms with Crippen molar-refractivity contribution in [2.75, 3.05) is 26.7 Å². The van der Waals surface area contributed by atoms with Crippen molar-refractivity contribution >= 4 is 23.3 Å². The number of nitrogens with zero attached hydrogens (tertiary/aromatic N) is 3. The average molecular weight is 613 g/mol. The highest BCUT2D eigenvalue weighted by Crippen LogP contribution is 2.49. The van der Waals surface area contributed by atoms with Crippen LogP contribution in [0.25, 0.3) is 0 Å². The number of ether oxygens (including phenoxy) is 1. The SMILES string of the molecule is COC(=O)CC(C)(C)C(=O)N1CCC(CCN2[C@@H]3CC[C@@]2(N)C[C@@H](CC2CC(C)=Nc4ccccc42)C3)(c2ccccc2)CC1. The van der Waals surface area contributed by atoms with Crippen molar-refractivity contribution < 1.29 is 14.3 Å². The van der Waals surface area contributed by atoms with Crippen molar-refractivity contribution in [2.24, 2.45) is 22.1 Å². The Morgan fingerprint density at radius 3 is 2.47 bits per heavy atom. The van der Waals surface area contributed by atoms with Crippen LogP contribution in [-0.4, -0.2) is 65.8 Å². The Morgan fingerprint density at radius 2 is 1.76 bits per heavy atom. The minimum Gasteiger partial charge on any atom is -0.469 e. The summed E-state index contributed by atoms with van der Waals surface area (Å²) in [6.07, 6.45) is 9.76. The molecule has 242 valence electrons. The number of piperidine rings is 2. The lowest BCUT2D eigenvalue weighted by Gasteiger charge is -2.49. The van der Waals surface area contributed by atoms with Crippen LogP contribution in [0, 0.1) is 11.3 Å². The molecule has 4 atom stereocenters. The third kappa shape index (κ3) is 6.48. The van der Waals surface area contributed by atoms with Gasteiger partial charge in [-0.25, -0.2) is 0 Å². The molecule has 0 aromatic heterocycles. The summed E-state index contributed by atoms with van der Waals surface area (Å²) >= 11 is 0. The lowest BCUT2D eigenvalue weighted by molar-refractivity contribution is -0.151. The second-order valence-electron chi connectivity index (χ2n) is 15.2. The van der Waals surface area contributed by atoms with Crippen LogP contribution >= 0.6 is 0 Å². The van der Waals surface area contributed by atoms with Crippen LogP contribution < -0.4 is 5.73 Å². The zero-order valence-corrected chi connectivity index (χ0v) is 27.8. The molecule has 7 heteroatoms. The summed E-state index contributed by atoms with van der Waals surface area (Å²) in [5.74, 6) is 0.863. The molecule has 2 bridgehead atoms. The number of benzene rings is 2. The molecule has 2 aromatic carbocycles. The molecule has 4 heterocycles. The average Bonchev–Trinajstić information content (AvgIpc) is 3.22. The van der Waals surface area contributed by atoms with E-state index in [0.29, 0.717) is 31.0 Å². The predicted molar refractivity (Wildman–Crippen MR) is 180 cm³/mol. The van der Waals surface area contributed by atoms with Gasteiger partial charge in [0.1, 0.15) is 0 Å². The largest absolute Gasteiger partial charge is 0.469 e. The number of hydrogen-bond donors (Lipinski definition) is 1. The number of para-hydroxylation sites is 1. The molecule has 6 rings (SSSR count). The van der Waals surface area contributed by atoms with Crippen LogP contribution in [0.5, 0.6) is 0 Å². The Morgan fingerprint density at radius 1 is 1.04 bits per heavy atom. The van der Waals surface area contributed by atoms with Crippen LogP contribution in [0.3, 0.4) is 0 Å². The molecule has 4 aliphatic rings. The molecule has 0 aliphatic carbocycles. The molecule has 0 saturated carbocycles. The van der Waals surface area contributed by atoms with E-state index in [4.69, 9.17) is 15.5 Å². The fourth-order valence-corrected chi connectivity index (χ4v) is 9.25. The highest BCUT2D eigenvalue weighted by Gasteiger charge is 2.50. The summed E-state index contributed by atoms with van der Waals surface area (Å²) < 4.78 is 4.87. The third-order valence-electron chi connectivity index (χ3n) is 11.6. The summed E-state index contributed by atoms with van der Waals surface area (Å²) in [5, 5.41) is 0. The van der Waals surface area contributed by atoms with Gasteiger partial charge in [-0.05, 0) is 99.2 Å². The maximum atomic E-state index is 13.5. The lowest BCUT2D eigenvalue weighted by Crippen LogP contribution is -2.59. The summed E-state index contributed by atoms with van der Waals surface area (Å²) in [5.41, 5.74) is 11.5. The van der Waals surface area contributed by atoms with E-state index in [-0.39, 0.29) is 29.4 Å². The number of carbonyl (C=O) groups is 2. The zero-order valence-electron chi connectivity index (χ0n) is 27.8. The van der Waals surface area contributed by atoms with Crippen LogP contribution in [0.15, 0.2) is 59.6 Å². The van der Waals surface area contributed by atoms with Gasteiger partial charge in [-0.2, -0.15) is 0 Å². The van der Waals surface area contributed by atoms with E-state index < -0.39 is 5.41 Å². The quantitative estimate of drug-likeness (QED) is 0.318. The zero-order chi connectivity index (χ0) is 31.8. The van der Waals surface area contributed by atoms with Crippen LogP contribution in [0.4, 0.5) is 5.69 Å². The number of rotatable bonds is 9. The van der Waals surface area contributed by atoms with Gasteiger partial charge < -0.3 is 15.4 Å².